The van der Waals surface area contributed by atoms with E-state index in [9.17, 15) is 15.3 Å². The average molecular weight is 519 g/mol. The van der Waals surface area contributed by atoms with Crippen molar-refractivity contribution in [1.29, 1.82) is 10.5 Å². The summed E-state index contributed by atoms with van der Waals surface area (Å²) in [5, 5.41) is 21.4. The first kappa shape index (κ1) is 22.1. The van der Waals surface area contributed by atoms with Crippen LogP contribution in [0.4, 0.5) is 5.69 Å². The molecule has 0 spiro atoms. The Balaban J connectivity index is 1.73. The van der Waals surface area contributed by atoms with E-state index in [0.717, 1.165) is 14.7 Å². The van der Waals surface area contributed by atoms with Crippen LogP contribution in [0.3, 0.4) is 0 Å². The number of carbonyl (C=O) groups excluding carboxylic acids is 1. The predicted molar refractivity (Wildman–Crippen MR) is 128 cm³/mol. The van der Waals surface area contributed by atoms with Crippen molar-refractivity contribution in [3.63, 3.8) is 0 Å². The van der Waals surface area contributed by atoms with Gasteiger partial charge in [0.25, 0.3) is 5.91 Å². The van der Waals surface area contributed by atoms with Crippen LogP contribution in [0.1, 0.15) is 22.3 Å². The summed E-state index contributed by atoms with van der Waals surface area (Å²) in [7, 11) is 0. The Hall–Kier alpha value is -3.62. The number of halogens is 1. The number of hydrogen-bond acceptors (Lipinski definition) is 4. The first-order valence-corrected chi connectivity index (χ1v) is 10.5. The van der Waals surface area contributed by atoms with Crippen molar-refractivity contribution in [2.45, 2.75) is 13.5 Å². The number of nitrogens with one attached hydrogen (secondary N) is 1. The van der Waals surface area contributed by atoms with Crippen LogP contribution in [0, 0.1) is 33.2 Å². The van der Waals surface area contributed by atoms with Gasteiger partial charge in [-0.05, 0) is 77.0 Å². The molecule has 3 aromatic carbocycles. The van der Waals surface area contributed by atoms with Crippen molar-refractivity contribution >= 4 is 40.3 Å². The van der Waals surface area contributed by atoms with Crippen LogP contribution < -0.4 is 10.1 Å². The zero-order valence-electron chi connectivity index (χ0n) is 16.7. The van der Waals surface area contributed by atoms with Crippen LogP contribution in [0.5, 0.6) is 5.75 Å². The highest BCUT2D eigenvalue weighted by molar-refractivity contribution is 14.1. The molecule has 0 saturated carbocycles. The summed E-state index contributed by atoms with van der Waals surface area (Å²) in [6.07, 6.45) is 1.54. The molecule has 0 radical (unpaired) electrons. The number of benzene rings is 3. The van der Waals surface area contributed by atoms with E-state index in [2.05, 4.69) is 34.0 Å². The molecule has 6 heteroatoms. The number of nitrogens with zero attached hydrogens (tertiary/aromatic N) is 2. The summed E-state index contributed by atoms with van der Waals surface area (Å²) in [5.41, 5.74) is 3.77. The molecule has 0 aliphatic heterocycles. The van der Waals surface area contributed by atoms with Gasteiger partial charge in [0.1, 0.15) is 24.0 Å². The minimum absolute atomic E-state index is 0.00826. The molecule has 0 aliphatic rings. The fraction of sp³-hybridized carbons (Fsp3) is 0.0800. The Bertz CT molecular complexity index is 1240. The van der Waals surface area contributed by atoms with Crippen LogP contribution in [-0.2, 0) is 11.4 Å². The van der Waals surface area contributed by atoms with E-state index in [4.69, 9.17) is 4.74 Å². The normalized spacial score (nSPS) is 10.6. The molecule has 152 valence electrons. The number of aryl methyl sites for hydroxylation is 1. The van der Waals surface area contributed by atoms with Crippen molar-refractivity contribution in [3.05, 3.63) is 98.1 Å². The standard InChI is InChI=1S/C25H18IN3O2/c1-17-5-4-8-22(11-17)29-25(30)21(15-28)12-18-9-10-24(23(26)13-18)31-16-20-7-3-2-6-19(20)14-27/h2-13H,16H2,1H3,(H,29,30)/b21-12-. The van der Waals surface area contributed by atoms with Gasteiger partial charge >= 0.3 is 0 Å². The maximum absolute atomic E-state index is 12.5. The molecule has 31 heavy (non-hydrogen) atoms. The lowest BCUT2D eigenvalue weighted by molar-refractivity contribution is -0.112. The summed E-state index contributed by atoms with van der Waals surface area (Å²) in [4.78, 5) is 12.5. The van der Waals surface area contributed by atoms with Gasteiger partial charge < -0.3 is 10.1 Å². The molecule has 0 aliphatic carbocycles. The van der Waals surface area contributed by atoms with Gasteiger partial charge in [0.05, 0.1) is 15.2 Å². The van der Waals surface area contributed by atoms with Crippen LogP contribution in [-0.4, -0.2) is 5.91 Å². The van der Waals surface area contributed by atoms with Crippen molar-refractivity contribution in [1.82, 2.24) is 0 Å². The number of rotatable bonds is 6. The first-order chi connectivity index (χ1) is 15.0. The monoisotopic (exact) mass is 519 g/mol. The molecule has 0 fully saturated rings. The number of ether oxygens (including phenoxy) is 1. The summed E-state index contributed by atoms with van der Waals surface area (Å²) >= 11 is 2.14. The molecule has 0 saturated heterocycles. The van der Waals surface area contributed by atoms with Gasteiger partial charge in [-0.25, -0.2) is 0 Å². The summed E-state index contributed by atoms with van der Waals surface area (Å²) < 4.78 is 6.70. The smallest absolute Gasteiger partial charge is 0.266 e. The third kappa shape index (κ3) is 5.94. The molecular formula is C25H18IN3O2. The largest absolute Gasteiger partial charge is 0.488 e. The van der Waals surface area contributed by atoms with Gasteiger partial charge in [0.15, 0.2) is 0 Å². The van der Waals surface area contributed by atoms with E-state index in [0.29, 0.717) is 22.6 Å². The first-order valence-electron chi connectivity index (χ1n) is 9.40. The van der Waals surface area contributed by atoms with Crippen molar-refractivity contribution in [2.24, 2.45) is 0 Å². The molecule has 0 aromatic heterocycles. The maximum Gasteiger partial charge on any atom is 0.266 e. The fourth-order valence-electron chi connectivity index (χ4n) is 2.87. The predicted octanol–water partition coefficient (Wildman–Crippen LogP) is 5.60. The second-order valence-electron chi connectivity index (χ2n) is 6.74. The van der Waals surface area contributed by atoms with Crippen LogP contribution in [0.15, 0.2) is 72.3 Å². The van der Waals surface area contributed by atoms with E-state index in [1.54, 1.807) is 30.3 Å². The molecule has 0 unspecified atom stereocenters. The third-order valence-electron chi connectivity index (χ3n) is 4.43. The number of amides is 1. The van der Waals surface area contributed by atoms with Crippen molar-refractivity contribution in [3.8, 4) is 17.9 Å². The van der Waals surface area contributed by atoms with Gasteiger partial charge in [-0.1, -0.05) is 36.4 Å². The minimum atomic E-state index is -0.462. The highest BCUT2D eigenvalue weighted by Gasteiger charge is 2.11. The quantitative estimate of drug-likeness (QED) is 0.261. The van der Waals surface area contributed by atoms with E-state index in [1.807, 2.05) is 55.5 Å². The zero-order valence-corrected chi connectivity index (χ0v) is 18.9. The van der Waals surface area contributed by atoms with E-state index < -0.39 is 5.91 Å². The molecule has 0 atom stereocenters. The number of hydrogen-bond donors (Lipinski definition) is 1. The van der Waals surface area contributed by atoms with Crippen molar-refractivity contribution in [2.75, 3.05) is 5.32 Å². The van der Waals surface area contributed by atoms with Crippen LogP contribution in [0.2, 0.25) is 0 Å². The minimum Gasteiger partial charge on any atom is -0.488 e. The van der Waals surface area contributed by atoms with E-state index >= 15 is 0 Å². The highest BCUT2D eigenvalue weighted by Crippen LogP contribution is 2.25. The second kappa shape index (κ2) is 10.4. The molecule has 3 rings (SSSR count). The zero-order chi connectivity index (χ0) is 22.2. The Morgan fingerprint density at radius 3 is 2.61 bits per heavy atom. The van der Waals surface area contributed by atoms with Gasteiger partial charge in [-0.2, -0.15) is 10.5 Å². The molecule has 1 amide bonds. The topological polar surface area (TPSA) is 85.9 Å². The van der Waals surface area contributed by atoms with Gasteiger partial charge in [-0.15, -0.1) is 0 Å². The summed E-state index contributed by atoms with van der Waals surface area (Å²) in [6.45, 7) is 2.21. The van der Waals surface area contributed by atoms with Gasteiger partial charge in [0, 0.05) is 11.3 Å². The fourth-order valence-corrected chi connectivity index (χ4v) is 3.57. The Labute approximate surface area is 194 Å². The molecular weight excluding hydrogens is 501 g/mol. The van der Waals surface area contributed by atoms with Gasteiger partial charge in [0.2, 0.25) is 0 Å². The lowest BCUT2D eigenvalue weighted by atomic mass is 10.1. The van der Waals surface area contributed by atoms with Crippen LogP contribution in [0.25, 0.3) is 6.08 Å². The molecule has 0 heterocycles. The second-order valence-corrected chi connectivity index (χ2v) is 7.90. The number of nitriles is 2. The summed E-state index contributed by atoms with van der Waals surface area (Å²) in [6, 6.07) is 24.2. The lowest BCUT2D eigenvalue weighted by Crippen LogP contribution is -2.13. The summed E-state index contributed by atoms with van der Waals surface area (Å²) in [5.74, 6) is 0.199. The van der Waals surface area contributed by atoms with E-state index in [1.165, 1.54) is 0 Å². The molecule has 3 aromatic rings. The van der Waals surface area contributed by atoms with Gasteiger partial charge in [-0.3, -0.25) is 4.79 Å². The molecule has 5 nitrogen and oxygen atoms in total. The Morgan fingerprint density at radius 2 is 1.90 bits per heavy atom. The van der Waals surface area contributed by atoms with E-state index in [-0.39, 0.29) is 12.2 Å². The maximum atomic E-state index is 12.5. The van der Waals surface area contributed by atoms with Crippen LogP contribution >= 0.6 is 22.6 Å². The number of anilines is 1. The average Bonchev–Trinajstić information content (AvgIpc) is 2.77. The Morgan fingerprint density at radius 1 is 1.10 bits per heavy atom. The van der Waals surface area contributed by atoms with Crippen molar-refractivity contribution < 1.29 is 9.53 Å². The lowest BCUT2D eigenvalue weighted by Gasteiger charge is -2.10. The number of carbonyl (C=O) groups is 1. The third-order valence-corrected chi connectivity index (χ3v) is 5.27. The molecule has 1 N–H and O–H groups in total. The Kier molecular flexibility index (Phi) is 7.42. The molecule has 0 bridgehead atoms. The SMILES string of the molecule is Cc1cccc(NC(=O)/C(C#N)=C\c2ccc(OCc3ccccc3C#N)c(I)c2)c1. The highest BCUT2D eigenvalue weighted by atomic mass is 127.